The van der Waals surface area contributed by atoms with Crippen LogP contribution in [0, 0.1) is 18.6 Å². The molecule has 0 aliphatic rings. The zero-order valence-corrected chi connectivity index (χ0v) is 11.5. The average Bonchev–Trinajstić information content (AvgIpc) is 2.30. The van der Waals surface area contributed by atoms with Crippen molar-refractivity contribution in [2.45, 2.75) is 45.8 Å². The Morgan fingerprint density at radius 1 is 1.00 bits per heavy atom. The quantitative estimate of drug-likeness (QED) is 0.700. The first kappa shape index (κ1) is 13.4. The summed E-state index contributed by atoms with van der Waals surface area (Å²) >= 11 is 0. The predicted octanol–water partition coefficient (Wildman–Crippen LogP) is 3.99. The van der Waals surface area contributed by atoms with Gasteiger partial charge in [0.05, 0.1) is 8.07 Å². The molecule has 0 aliphatic carbocycles. The first-order valence-corrected chi connectivity index (χ1v) is 8.59. The molecule has 1 aromatic rings. The zero-order chi connectivity index (χ0) is 12.3. The van der Waals surface area contributed by atoms with E-state index in [9.17, 15) is 8.78 Å². The molecule has 0 N–H and O–H groups in total. The van der Waals surface area contributed by atoms with Gasteiger partial charge in [0.1, 0.15) is 11.6 Å². The van der Waals surface area contributed by atoms with Gasteiger partial charge in [-0.05, 0) is 18.6 Å². The van der Waals surface area contributed by atoms with Crippen molar-refractivity contribution in [3.63, 3.8) is 0 Å². The molecule has 1 aromatic carbocycles. The largest absolute Gasteiger partial charge is 0.207 e. The molecule has 0 nitrogen and oxygen atoms in total. The summed E-state index contributed by atoms with van der Waals surface area (Å²) in [6, 6.07) is 5.64. The van der Waals surface area contributed by atoms with E-state index in [1.807, 2.05) is 0 Å². The second-order valence-corrected chi connectivity index (χ2v) is 9.58. The molecule has 1 rings (SSSR count). The smallest absolute Gasteiger partial charge is 0.128 e. The summed E-state index contributed by atoms with van der Waals surface area (Å²) < 4.78 is 28.0. The highest BCUT2D eigenvalue weighted by molar-refractivity contribution is 6.91. The summed E-state index contributed by atoms with van der Waals surface area (Å²) in [5.74, 6) is -0.655. The minimum absolute atomic E-state index is 0.308. The van der Waals surface area contributed by atoms with Gasteiger partial charge in [-0.1, -0.05) is 45.0 Å². The van der Waals surface area contributed by atoms with Crippen molar-refractivity contribution in [2.24, 2.45) is 0 Å². The van der Waals surface area contributed by atoms with Crippen LogP contribution in [0.4, 0.5) is 8.78 Å². The minimum Gasteiger partial charge on any atom is -0.207 e. The molecule has 0 fully saturated rings. The molecule has 0 aliphatic heterocycles. The Morgan fingerprint density at radius 2 is 1.50 bits per heavy atom. The fraction of sp³-hybridized carbons (Fsp3) is 0.538. The SMILES string of the molecule is CC[Si](CC)(CC)c1c(F)ccc(C)c1F. The predicted molar refractivity (Wildman–Crippen MR) is 67.9 cm³/mol. The van der Waals surface area contributed by atoms with Gasteiger partial charge in [-0.25, -0.2) is 8.78 Å². The van der Waals surface area contributed by atoms with E-state index in [2.05, 4.69) is 20.8 Å². The second kappa shape index (κ2) is 5.08. The Hall–Kier alpha value is -0.703. The standard InChI is InChI=1S/C13H20F2Si/c1-5-16(6-2,7-3)13-11(14)9-8-10(4)12(13)15/h8-9H,5-7H2,1-4H3. The summed E-state index contributed by atoms with van der Waals surface area (Å²) in [5, 5.41) is 0.417. The van der Waals surface area contributed by atoms with Gasteiger partial charge < -0.3 is 0 Å². The first-order chi connectivity index (χ1) is 7.52. The number of aryl methyl sites for hydroxylation is 1. The highest BCUT2D eigenvalue weighted by Gasteiger charge is 2.35. The van der Waals surface area contributed by atoms with Crippen molar-refractivity contribution in [1.82, 2.24) is 0 Å². The van der Waals surface area contributed by atoms with E-state index in [1.165, 1.54) is 12.1 Å². The van der Waals surface area contributed by atoms with Gasteiger partial charge in [0.25, 0.3) is 0 Å². The Labute approximate surface area is 97.7 Å². The molecule has 16 heavy (non-hydrogen) atoms. The maximum atomic E-state index is 14.1. The van der Waals surface area contributed by atoms with E-state index >= 15 is 0 Å². The Morgan fingerprint density at radius 3 is 1.94 bits per heavy atom. The highest BCUT2D eigenvalue weighted by atomic mass is 28.3. The lowest BCUT2D eigenvalue weighted by Crippen LogP contribution is -2.49. The van der Waals surface area contributed by atoms with Gasteiger partial charge in [-0.3, -0.25) is 0 Å². The van der Waals surface area contributed by atoms with Gasteiger partial charge >= 0.3 is 0 Å². The van der Waals surface area contributed by atoms with Crippen molar-refractivity contribution in [3.8, 4) is 0 Å². The molecule has 0 bridgehead atoms. The van der Waals surface area contributed by atoms with E-state index in [0.717, 1.165) is 18.1 Å². The van der Waals surface area contributed by atoms with E-state index in [4.69, 9.17) is 0 Å². The normalized spacial score (nSPS) is 11.9. The fourth-order valence-corrected chi connectivity index (χ4v) is 6.24. The maximum absolute atomic E-state index is 14.1. The number of halogens is 2. The summed E-state index contributed by atoms with van der Waals surface area (Å²) in [4.78, 5) is 0. The van der Waals surface area contributed by atoms with Crippen LogP contribution in [-0.2, 0) is 0 Å². The Balaban J connectivity index is 3.45. The molecule has 90 valence electrons. The molecule has 0 radical (unpaired) electrons. The molecule has 0 atom stereocenters. The lowest BCUT2D eigenvalue weighted by molar-refractivity contribution is 0.589. The third kappa shape index (κ3) is 2.05. The molecular weight excluding hydrogens is 222 g/mol. The lowest BCUT2D eigenvalue weighted by atomic mass is 10.2. The third-order valence-corrected chi connectivity index (χ3v) is 9.42. The number of hydrogen-bond donors (Lipinski definition) is 0. The lowest BCUT2D eigenvalue weighted by Gasteiger charge is -2.29. The molecule has 0 unspecified atom stereocenters. The van der Waals surface area contributed by atoms with Crippen LogP contribution in [-0.4, -0.2) is 8.07 Å². The Bertz CT molecular complexity index is 362. The molecule has 0 saturated carbocycles. The van der Waals surface area contributed by atoms with Crippen molar-refractivity contribution in [3.05, 3.63) is 29.3 Å². The average molecular weight is 242 g/mol. The van der Waals surface area contributed by atoms with Crippen LogP contribution in [0.25, 0.3) is 0 Å². The zero-order valence-electron chi connectivity index (χ0n) is 10.5. The summed E-state index contributed by atoms with van der Waals surface area (Å²) in [7, 11) is -1.96. The summed E-state index contributed by atoms with van der Waals surface area (Å²) in [6.45, 7) is 7.87. The molecule has 0 heterocycles. The van der Waals surface area contributed by atoms with Crippen molar-refractivity contribution >= 4 is 13.3 Å². The summed E-state index contributed by atoms with van der Waals surface area (Å²) in [5.41, 5.74) is 0.559. The van der Waals surface area contributed by atoms with Gasteiger partial charge in [0.15, 0.2) is 0 Å². The monoisotopic (exact) mass is 242 g/mol. The van der Waals surface area contributed by atoms with E-state index in [-0.39, 0.29) is 11.6 Å². The molecular formula is C13H20F2Si. The van der Waals surface area contributed by atoms with Crippen LogP contribution in [0.1, 0.15) is 26.3 Å². The van der Waals surface area contributed by atoms with Gasteiger partial charge in [0, 0.05) is 5.19 Å². The van der Waals surface area contributed by atoms with E-state index in [1.54, 1.807) is 6.92 Å². The maximum Gasteiger partial charge on any atom is 0.128 e. The van der Waals surface area contributed by atoms with Crippen LogP contribution in [0.5, 0.6) is 0 Å². The first-order valence-electron chi connectivity index (χ1n) is 5.97. The summed E-state index contributed by atoms with van der Waals surface area (Å²) in [6.07, 6.45) is 0. The molecule has 3 heteroatoms. The fourth-order valence-electron chi connectivity index (χ4n) is 2.42. The van der Waals surface area contributed by atoms with Crippen molar-refractivity contribution in [1.29, 1.82) is 0 Å². The number of rotatable bonds is 4. The Kier molecular flexibility index (Phi) is 4.25. The minimum atomic E-state index is -1.96. The number of hydrogen-bond acceptors (Lipinski definition) is 0. The molecule has 0 spiro atoms. The van der Waals surface area contributed by atoms with Crippen LogP contribution < -0.4 is 5.19 Å². The second-order valence-electron chi connectivity index (χ2n) is 4.39. The van der Waals surface area contributed by atoms with E-state index < -0.39 is 8.07 Å². The molecule has 0 amide bonds. The van der Waals surface area contributed by atoms with Crippen LogP contribution in [0.2, 0.25) is 18.1 Å². The van der Waals surface area contributed by atoms with Crippen LogP contribution in [0.3, 0.4) is 0 Å². The van der Waals surface area contributed by atoms with Crippen LogP contribution in [0.15, 0.2) is 12.1 Å². The van der Waals surface area contributed by atoms with Gasteiger partial charge in [0.2, 0.25) is 0 Å². The highest BCUT2D eigenvalue weighted by Crippen LogP contribution is 2.23. The van der Waals surface area contributed by atoms with Crippen molar-refractivity contribution in [2.75, 3.05) is 0 Å². The molecule has 0 aromatic heterocycles. The van der Waals surface area contributed by atoms with Gasteiger partial charge in [-0.15, -0.1) is 0 Å². The van der Waals surface area contributed by atoms with Crippen molar-refractivity contribution < 1.29 is 8.78 Å². The topological polar surface area (TPSA) is 0 Å². The third-order valence-electron chi connectivity index (χ3n) is 3.84. The number of benzene rings is 1. The van der Waals surface area contributed by atoms with E-state index in [0.29, 0.717) is 10.8 Å². The van der Waals surface area contributed by atoms with Gasteiger partial charge in [-0.2, -0.15) is 0 Å². The molecule has 0 saturated heterocycles. The van der Waals surface area contributed by atoms with Crippen LogP contribution >= 0.6 is 0 Å².